The smallest absolute Gasteiger partial charge is 0.243 e. The summed E-state index contributed by atoms with van der Waals surface area (Å²) in [6.45, 7) is 8.26. The van der Waals surface area contributed by atoms with Crippen molar-refractivity contribution in [2.24, 2.45) is 0 Å². The molecule has 1 rings (SSSR count). The van der Waals surface area contributed by atoms with Gasteiger partial charge < -0.3 is 5.32 Å². The second-order valence-electron chi connectivity index (χ2n) is 5.39. The number of sulfonamides is 1. The highest BCUT2D eigenvalue weighted by atomic mass is 32.2. The average Bonchev–Trinajstić information content (AvgIpc) is 2.46. The molecule has 0 spiro atoms. The molecule has 0 atom stereocenters. The van der Waals surface area contributed by atoms with E-state index < -0.39 is 10.0 Å². The second-order valence-corrected chi connectivity index (χ2v) is 7.33. The second kappa shape index (κ2) is 8.03. The molecule has 0 saturated heterocycles. The molecule has 23 heavy (non-hydrogen) atoms. The Bertz CT molecular complexity index is 679. The molecule has 7 heteroatoms. The van der Waals surface area contributed by atoms with Crippen LogP contribution < -0.4 is 5.32 Å². The van der Waals surface area contributed by atoms with Crippen molar-refractivity contribution in [2.45, 2.75) is 31.7 Å². The molecule has 0 heterocycles. The number of ketones is 1. The van der Waals surface area contributed by atoms with Gasteiger partial charge in [-0.2, -0.15) is 4.31 Å². The van der Waals surface area contributed by atoms with Gasteiger partial charge in [0.15, 0.2) is 5.78 Å². The third-order valence-electron chi connectivity index (χ3n) is 3.00. The molecular weight excluding hydrogens is 316 g/mol. The molecule has 0 aromatic heterocycles. The van der Waals surface area contributed by atoms with E-state index in [9.17, 15) is 18.0 Å². The van der Waals surface area contributed by atoms with E-state index >= 15 is 0 Å². The van der Waals surface area contributed by atoms with E-state index in [2.05, 4.69) is 11.9 Å². The first kappa shape index (κ1) is 19.1. The molecule has 0 saturated carbocycles. The van der Waals surface area contributed by atoms with Crippen molar-refractivity contribution in [3.05, 3.63) is 42.5 Å². The van der Waals surface area contributed by atoms with Crippen molar-refractivity contribution in [2.75, 3.05) is 13.1 Å². The number of nitrogens with one attached hydrogen (secondary N) is 1. The first-order valence-corrected chi connectivity index (χ1v) is 8.64. The standard InChI is InChI=1S/C16H22N2O4S/c1-5-10-18(11-16(20)17-12(2)3)23(21,22)15-8-6-14(7-9-15)13(4)19/h5-9,12H,1,10-11H2,2-4H3,(H,17,20). The van der Waals surface area contributed by atoms with Crippen LogP contribution in [0, 0.1) is 0 Å². The lowest BCUT2D eigenvalue weighted by atomic mass is 10.2. The summed E-state index contributed by atoms with van der Waals surface area (Å²) in [5, 5.41) is 2.66. The zero-order valence-corrected chi connectivity index (χ0v) is 14.4. The third-order valence-corrected chi connectivity index (χ3v) is 4.83. The number of hydrogen-bond acceptors (Lipinski definition) is 4. The zero-order valence-electron chi connectivity index (χ0n) is 13.6. The highest BCUT2D eigenvalue weighted by Gasteiger charge is 2.25. The third kappa shape index (κ3) is 5.30. The van der Waals surface area contributed by atoms with Gasteiger partial charge in [-0.25, -0.2) is 8.42 Å². The van der Waals surface area contributed by atoms with Crippen LogP contribution in [0.4, 0.5) is 0 Å². The minimum atomic E-state index is -3.85. The van der Waals surface area contributed by atoms with Gasteiger partial charge in [0.2, 0.25) is 15.9 Å². The lowest BCUT2D eigenvalue weighted by Gasteiger charge is -2.21. The fourth-order valence-electron chi connectivity index (χ4n) is 1.93. The fourth-order valence-corrected chi connectivity index (χ4v) is 3.30. The summed E-state index contributed by atoms with van der Waals surface area (Å²) in [7, 11) is -3.85. The molecule has 0 aliphatic carbocycles. The molecular formula is C16H22N2O4S. The van der Waals surface area contributed by atoms with Crippen molar-refractivity contribution in [1.82, 2.24) is 9.62 Å². The van der Waals surface area contributed by atoms with Crippen LogP contribution in [0.1, 0.15) is 31.1 Å². The van der Waals surface area contributed by atoms with E-state index in [1.807, 2.05) is 0 Å². The number of hydrogen-bond donors (Lipinski definition) is 1. The van der Waals surface area contributed by atoms with Crippen molar-refractivity contribution in [3.8, 4) is 0 Å². The Balaban J connectivity index is 3.05. The van der Waals surface area contributed by atoms with Gasteiger partial charge in [-0.05, 0) is 32.9 Å². The summed E-state index contributed by atoms with van der Waals surface area (Å²) < 4.78 is 26.3. The van der Waals surface area contributed by atoms with Gasteiger partial charge in [0.25, 0.3) is 0 Å². The fraction of sp³-hybridized carbons (Fsp3) is 0.375. The van der Waals surface area contributed by atoms with Crippen LogP contribution in [-0.2, 0) is 14.8 Å². The van der Waals surface area contributed by atoms with Crippen LogP contribution in [0.5, 0.6) is 0 Å². The van der Waals surface area contributed by atoms with E-state index in [0.717, 1.165) is 4.31 Å². The quantitative estimate of drug-likeness (QED) is 0.576. The molecule has 126 valence electrons. The van der Waals surface area contributed by atoms with E-state index in [0.29, 0.717) is 5.56 Å². The minimum absolute atomic E-state index is 0.0162. The van der Waals surface area contributed by atoms with Crippen LogP contribution in [0.2, 0.25) is 0 Å². The summed E-state index contributed by atoms with van der Waals surface area (Å²) in [5.74, 6) is -0.529. The molecule has 0 aliphatic rings. The molecule has 1 N–H and O–H groups in total. The Morgan fingerprint density at radius 1 is 1.26 bits per heavy atom. The van der Waals surface area contributed by atoms with Gasteiger partial charge >= 0.3 is 0 Å². The summed E-state index contributed by atoms with van der Waals surface area (Å²) in [6, 6.07) is 5.56. The van der Waals surface area contributed by atoms with Crippen molar-refractivity contribution >= 4 is 21.7 Å². The van der Waals surface area contributed by atoms with Gasteiger partial charge in [0.05, 0.1) is 11.4 Å². The van der Waals surface area contributed by atoms with Crippen molar-refractivity contribution in [3.63, 3.8) is 0 Å². The number of benzene rings is 1. The highest BCUT2D eigenvalue weighted by Crippen LogP contribution is 2.16. The van der Waals surface area contributed by atoms with Crippen molar-refractivity contribution in [1.29, 1.82) is 0 Å². The lowest BCUT2D eigenvalue weighted by Crippen LogP contribution is -2.42. The SMILES string of the molecule is C=CCN(CC(=O)NC(C)C)S(=O)(=O)c1ccc(C(C)=O)cc1. The van der Waals surface area contributed by atoms with Gasteiger partial charge in [-0.1, -0.05) is 18.2 Å². The molecule has 6 nitrogen and oxygen atoms in total. The van der Waals surface area contributed by atoms with Gasteiger partial charge in [-0.15, -0.1) is 6.58 Å². The molecule has 1 amide bonds. The maximum atomic E-state index is 12.6. The summed E-state index contributed by atoms with van der Waals surface area (Å²) >= 11 is 0. The summed E-state index contributed by atoms with van der Waals surface area (Å²) in [4.78, 5) is 23.2. The van der Waals surface area contributed by atoms with Gasteiger partial charge in [0.1, 0.15) is 0 Å². The van der Waals surface area contributed by atoms with Crippen LogP contribution in [0.3, 0.4) is 0 Å². The Hall–Kier alpha value is -1.99. The molecule has 0 bridgehead atoms. The average molecular weight is 338 g/mol. The molecule has 0 radical (unpaired) electrons. The molecule has 1 aromatic rings. The van der Waals surface area contributed by atoms with Gasteiger partial charge in [-0.3, -0.25) is 9.59 Å². The first-order chi connectivity index (χ1) is 10.7. The normalized spacial score (nSPS) is 11.5. The van der Waals surface area contributed by atoms with Crippen molar-refractivity contribution < 1.29 is 18.0 Å². The minimum Gasteiger partial charge on any atom is -0.353 e. The predicted molar refractivity (Wildman–Crippen MR) is 88.7 cm³/mol. The van der Waals surface area contributed by atoms with E-state index in [1.54, 1.807) is 13.8 Å². The topological polar surface area (TPSA) is 83.6 Å². The maximum Gasteiger partial charge on any atom is 0.243 e. The number of Topliss-reactive ketones (excluding diaryl/α,β-unsaturated/α-hetero) is 1. The Morgan fingerprint density at radius 3 is 2.26 bits per heavy atom. The first-order valence-electron chi connectivity index (χ1n) is 7.20. The number of amides is 1. The summed E-state index contributed by atoms with van der Waals surface area (Å²) in [5.41, 5.74) is 0.428. The molecule has 0 unspecified atom stereocenters. The van der Waals surface area contributed by atoms with Crippen LogP contribution in [0.25, 0.3) is 0 Å². The summed E-state index contributed by atoms with van der Waals surface area (Å²) in [6.07, 6.45) is 1.42. The zero-order chi connectivity index (χ0) is 17.6. The Kier molecular flexibility index (Phi) is 6.65. The highest BCUT2D eigenvalue weighted by molar-refractivity contribution is 7.89. The molecule has 0 fully saturated rings. The number of rotatable bonds is 8. The Morgan fingerprint density at radius 2 is 1.83 bits per heavy atom. The van der Waals surface area contributed by atoms with Gasteiger partial charge in [0, 0.05) is 18.2 Å². The van der Waals surface area contributed by atoms with Crippen LogP contribution in [0.15, 0.2) is 41.8 Å². The number of carbonyl (C=O) groups is 2. The largest absolute Gasteiger partial charge is 0.353 e. The van der Waals surface area contributed by atoms with E-state index in [4.69, 9.17) is 0 Å². The number of carbonyl (C=O) groups excluding carboxylic acids is 2. The molecule has 1 aromatic carbocycles. The van der Waals surface area contributed by atoms with E-state index in [1.165, 1.54) is 37.3 Å². The van der Waals surface area contributed by atoms with Crippen LogP contribution >= 0.6 is 0 Å². The predicted octanol–water partition coefficient (Wildman–Crippen LogP) is 1.59. The Labute approximate surface area is 137 Å². The monoisotopic (exact) mass is 338 g/mol. The lowest BCUT2D eigenvalue weighted by molar-refractivity contribution is -0.121. The number of nitrogens with zero attached hydrogens (tertiary/aromatic N) is 1. The maximum absolute atomic E-state index is 12.6. The van der Waals surface area contributed by atoms with E-state index in [-0.39, 0.29) is 35.7 Å². The molecule has 0 aliphatic heterocycles. The van der Waals surface area contributed by atoms with Crippen LogP contribution in [-0.4, -0.2) is 43.5 Å².